The quantitative estimate of drug-likeness (QED) is 0.366. The van der Waals surface area contributed by atoms with E-state index >= 15 is 0 Å². The molecule has 4 nitrogen and oxygen atoms in total. The molecule has 0 aromatic rings. The van der Waals surface area contributed by atoms with Crippen molar-refractivity contribution in [3.05, 3.63) is 29.5 Å². The molecule has 1 rings (SSSR count). The summed E-state index contributed by atoms with van der Waals surface area (Å²) in [6.45, 7) is 0. The van der Waals surface area contributed by atoms with Gasteiger partial charge in [-0.25, -0.2) is 0 Å². The number of hydrogen-bond acceptors (Lipinski definition) is 2. The van der Waals surface area contributed by atoms with E-state index in [4.69, 9.17) is 15.7 Å². The molecule has 0 aromatic carbocycles. The molecule has 1 unspecified atom stereocenters. The van der Waals surface area contributed by atoms with Gasteiger partial charge in [-0.2, -0.15) is 4.79 Å². The van der Waals surface area contributed by atoms with Crippen molar-refractivity contribution in [1.82, 2.24) is 0 Å². The van der Waals surface area contributed by atoms with E-state index in [9.17, 15) is 0 Å². The molecule has 0 saturated heterocycles. The third kappa shape index (κ3) is 0.978. The smallest absolute Gasteiger partial charge is 0.327 e. The van der Waals surface area contributed by atoms with Gasteiger partial charge in [-0.3, -0.25) is 0 Å². The molecule has 0 radical (unpaired) electrons. The number of nitrogens with zero attached hydrogens (tertiary/aromatic N) is 2. The van der Waals surface area contributed by atoms with Crippen molar-refractivity contribution in [2.75, 3.05) is 0 Å². The molecule has 0 bridgehead atoms. The lowest BCUT2D eigenvalue weighted by Crippen LogP contribution is -2.23. The highest BCUT2D eigenvalue weighted by atomic mass is 16.3. The molecule has 0 amide bonds. The molecule has 0 aromatic heterocycles. The molecular formula is C6H6N2O2. The average Bonchev–Trinajstić information content (AvgIpc) is 1.95. The van der Waals surface area contributed by atoms with Crippen molar-refractivity contribution >= 4 is 5.71 Å². The third-order valence-corrected chi connectivity index (χ3v) is 1.21. The van der Waals surface area contributed by atoms with E-state index in [1.165, 1.54) is 18.2 Å². The largest absolute Gasteiger partial charge is 0.509 e. The van der Waals surface area contributed by atoms with Crippen LogP contribution in [0.2, 0.25) is 0 Å². The number of aliphatic hydroxyl groups is 2. The monoisotopic (exact) mass is 138 g/mol. The summed E-state index contributed by atoms with van der Waals surface area (Å²) in [5.74, 6) is -0.213. The maximum Gasteiger partial charge on any atom is 0.327 e. The lowest BCUT2D eigenvalue weighted by Gasteiger charge is -2.04. The second kappa shape index (κ2) is 2.47. The molecule has 1 atom stereocenters. The van der Waals surface area contributed by atoms with Gasteiger partial charge in [0, 0.05) is 6.08 Å². The van der Waals surface area contributed by atoms with Gasteiger partial charge in [-0.1, -0.05) is 6.08 Å². The van der Waals surface area contributed by atoms with E-state index in [-0.39, 0.29) is 11.5 Å². The van der Waals surface area contributed by atoms with E-state index in [1.54, 1.807) is 0 Å². The molecule has 1 aliphatic carbocycles. The highest BCUT2D eigenvalue weighted by Gasteiger charge is 2.23. The summed E-state index contributed by atoms with van der Waals surface area (Å²) in [7, 11) is 0. The van der Waals surface area contributed by atoms with Crippen LogP contribution in [0, 0.1) is 0 Å². The topological polar surface area (TPSA) is 76.9 Å². The molecule has 2 N–H and O–H groups in total. The summed E-state index contributed by atoms with van der Waals surface area (Å²) in [6.07, 6.45) is 3.04. The molecule has 0 heterocycles. The van der Waals surface area contributed by atoms with Crippen LogP contribution in [0.1, 0.15) is 0 Å². The van der Waals surface area contributed by atoms with Gasteiger partial charge in [-0.15, -0.1) is 0 Å². The van der Waals surface area contributed by atoms with Crippen LogP contribution < -0.4 is 0 Å². The maximum atomic E-state index is 8.98. The van der Waals surface area contributed by atoms with Crippen LogP contribution in [0.25, 0.3) is 5.53 Å². The zero-order valence-electron chi connectivity index (χ0n) is 5.10. The SMILES string of the molecule is [N-]=[N+]=C1C=CC=C(O)C1O. The normalized spacial score (nSPS) is 23.9. The molecule has 1 aliphatic rings. The van der Waals surface area contributed by atoms with E-state index in [1.807, 2.05) is 0 Å². The van der Waals surface area contributed by atoms with Crippen LogP contribution >= 0.6 is 0 Å². The average molecular weight is 138 g/mol. The lowest BCUT2D eigenvalue weighted by molar-refractivity contribution is -0.0185. The minimum atomic E-state index is -1.19. The van der Waals surface area contributed by atoms with Gasteiger partial charge in [0.05, 0.1) is 0 Å². The molecule has 4 heteroatoms. The second-order valence-electron chi connectivity index (χ2n) is 1.88. The second-order valence-corrected chi connectivity index (χ2v) is 1.88. The van der Waals surface area contributed by atoms with Crippen LogP contribution in [-0.4, -0.2) is 26.8 Å². The van der Waals surface area contributed by atoms with Crippen molar-refractivity contribution < 1.29 is 15.0 Å². The van der Waals surface area contributed by atoms with Crippen molar-refractivity contribution in [2.24, 2.45) is 0 Å². The fraction of sp³-hybridized carbons (Fsp3) is 0.167. The Morgan fingerprint density at radius 3 is 2.80 bits per heavy atom. The zero-order valence-corrected chi connectivity index (χ0v) is 5.10. The van der Waals surface area contributed by atoms with Gasteiger partial charge in [0.25, 0.3) is 0 Å². The Balaban J connectivity index is 3.00. The Morgan fingerprint density at radius 2 is 2.30 bits per heavy atom. The first kappa shape index (κ1) is 6.74. The van der Waals surface area contributed by atoms with Gasteiger partial charge < -0.3 is 15.7 Å². The number of aliphatic hydroxyl groups excluding tert-OH is 2. The molecule has 0 spiro atoms. The van der Waals surface area contributed by atoms with E-state index in [0.29, 0.717) is 0 Å². The Bertz CT molecular complexity index is 248. The summed E-state index contributed by atoms with van der Waals surface area (Å²) in [6, 6.07) is 0. The molecule has 10 heavy (non-hydrogen) atoms. The van der Waals surface area contributed by atoms with Crippen molar-refractivity contribution in [3.63, 3.8) is 0 Å². The molecule has 52 valence electrons. The first-order valence-corrected chi connectivity index (χ1v) is 2.73. The maximum absolute atomic E-state index is 8.98. The Labute approximate surface area is 57.3 Å². The van der Waals surface area contributed by atoms with Crippen LogP contribution in [0.4, 0.5) is 0 Å². The van der Waals surface area contributed by atoms with Gasteiger partial charge in [-0.05, 0) is 6.08 Å². The Morgan fingerprint density at radius 1 is 1.60 bits per heavy atom. The summed E-state index contributed by atoms with van der Waals surface area (Å²) in [5, 5.41) is 17.8. The summed E-state index contributed by atoms with van der Waals surface area (Å²) in [5.41, 5.74) is 8.26. The lowest BCUT2D eigenvalue weighted by atomic mass is 10.1. The van der Waals surface area contributed by atoms with Crippen LogP contribution in [0.5, 0.6) is 0 Å². The summed E-state index contributed by atoms with van der Waals surface area (Å²) >= 11 is 0. The van der Waals surface area contributed by atoms with Gasteiger partial charge in [0.2, 0.25) is 6.10 Å². The first-order valence-electron chi connectivity index (χ1n) is 2.73. The summed E-state index contributed by atoms with van der Waals surface area (Å²) < 4.78 is 0. The van der Waals surface area contributed by atoms with Crippen molar-refractivity contribution in [2.45, 2.75) is 6.10 Å². The molecule has 0 fully saturated rings. The van der Waals surface area contributed by atoms with Crippen molar-refractivity contribution in [1.29, 1.82) is 0 Å². The van der Waals surface area contributed by atoms with E-state index in [2.05, 4.69) is 4.79 Å². The Kier molecular flexibility index (Phi) is 1.67. The van der Waals surface area contributed by atoms with E-state index in [0.717, 1.165) is 0 Å². The number of hydrogen-bond donors (Lipinski definition) is 2. The van der Waals surface area contributed by atoms with Crippen LogP contribution in [-0.2, 0) is 0 Å². The van der Waals surface area contributed by atoms with Gasteiger partial charge in [0.1, 0.15) is 5.76 Å². The first-order chi connectivity index (χ1) is 4.75. The van der Waals surface area contributed by atoms with E-state index < -0.39 is 6.10 Å². The minimum Gasteiger partial charge on any atom is -0.509 e. The molecular weight excluding hydrogens is 132 g/mol. The summed E-state index contributed by atoms with van der Waals surface area (Å²) in [4.78, 5) is 2.76. The van der Waals surface area contributed by atoms with Crippen LogP contribution in [0.3, 0.4) is 0 Å². The third-order valence-electron chi connectivity index (χ3n) is 1.21. The number of allylic oxidation sites excluding steroid dienone is 2. The minimum absolute atomic E-state index is 0.0417. The molecule has 0 aliphatic heterocycles. The highest BCUT2D eigenvalue weighted by molar-refractivity contribution is 5.97. The standard InChI is InChI=1S/C6H6N2O2/c7-8-4-2-1-3-5(9)6(4)10/h1-3,6,9-10H. The predicted octanol–water partition coefficient (Wildman–Crippen LogP) is 0.0298. The zero-order chi connectivity index (χ0) is 7.56. The predicted molar refractivity (Wildman–Crippen MR) is 34.5 cm³/mol. The van der Waals surface area contributed by atoms with Gasteiger partial charge >= 0.3 is 5.71 Å². The number of rotatable bonds is 0. The van der Waals surface area contributed by atoms with Gasteiger partial charge in [0.15, 0.2) is 0 Å². The fourth-order valence-electron chi connectivity index (χ4n) is 0.667. The fourth-order valence-corrected chi connectivity index (χ4v) is 0.667. The van der Waals surface area contributed by atoms with Crippen molar-refractivity contribution in [3.8, 4) is 0 Å². The van der Waals surface area contributed by atoms with Crippen LogP contribution in [0.15, 0.2) is 24.0 Å². The highest BCUT2D eigenvalue weighted by Crippen LogP contribution is 2.05. The Hall–Kier alpha value is -1.38. The molecule has 0 saturated carbocycles.